The lowest BCUT2D eigenvalue weighted by atomic mass is 10.2. The van der Waals surface area contributed by atoms with Crippen molar-refractivity contribution < 1.29 is 22.7 Å². The Bertz CT molecular complexity index is 883. The van der Waals surface area contributed by atoms with Crippen LogP contribution in [0.2, 0.25) is 0 Å². The summed E-state index contributed by atoms with van der Waals surface area (Å²) in [6.45, 7) is 2.84. The number of benzene rings is 1. The van der Waals surface area contributed by atoms with Crippen molar-refractivity contribution in [3.8, 4) is 0 Å². The predicted molar refractivity (Wildman–Crippen MR) is 99.8 cm³/mol. The first-order valence-corrected chi connectivity index (χ1v) is 10.4. The number of piperidine rings is 1. The maximum atomic E-state index is 12.6. The van der Waals surface area contributed by atoms with Crippen LogP contribution in [0, 0.1) is 6.92 Å². The highest BCUT2D eigenvalue weighted by Gasteiger charge is 2.26. The lowest BCUT2D eigenvalue weighted by Gasteiger charge is -2.25. The van der Waals surface area contributed by atoms with Gasteiger partial charge in [-0.2, -0.15) is 4.31 Å². The van der Waals surface area contributed by atoms with Crippen molar-refractivity contribution in [3.05, 3.63) is 53.5 Å². The molecule has 2 heterocycles. The molecule has 0 bridgehead atoms. The number of nitrogens with one attached hydrogen (secondary N) is 1. The first-order chi connectivity index (χ1) is 12.9. The minimum absolute atomic E-state index is 0.000382. The maximum Gasteiger partial charge on any atom is 0.251 e. The highest BCUT2D eigenvalue weighted by molar-refractivity contribution is 7.89. The van der Waals surface area contributed by atoms with Gasteiger partial charge in [-0.05, 0) is 56.2 Å². The smallest absolute Gasteiger partial charge is 0.251 e. The van der Waals surface area contributed by atoms with Gasteiger partial charge in [0, 0.05) is 18.7 Å². The van der Waals surface area contributed by atoms with Crippen molar-refractivity contribution in [2.75, 3.05) is 19.6 Å². The summed E-state index contributed by atoms with van der Waals surface area (Å²) >= 11 is 0. The minimum Gasteiger partial charge on any atom is -0.464 e. The Labute approximate surface area is 159 Å². The van der Waals surface area contributed by atoms with Crippen molar-refractivity contribution in [3.63, 3.8) is 0 Å². The number of aliphatic hydroxyl groups is 1. The van der Waals surface area contributed by atoms with E-state index in [1.807, 2.05) is 0 Å². The van der Waals surface area contributed by atoms with Crippen molar-refractivity contribution in [1.29, 1.82) is 0 Å². The van der Waals surface area contributed by atoms with Gasteiger partial charge in [-0.1, -0.05) is 6.42 Å². The van der Waals surface area contributed by atoms with E-state index in [9.17, 15) is 18.3 Å². The summed E-state index contributed by atoms with van der Waals surface area (Å²) in [5.74, 6) is 0.677. The standard InChI is InChI=1S/C19H24N2O5S/c1-14-5-10-18(26-14)17(22)13-20-19(23)15-6-8-16(9-7-15)27(24,25)21-11-3-2-4-12-21/h5-10,17,22H,2-4,11-13H2,1H3,(H,20,23). The Balaban J connectivity index is 1.61. The molecule has 27 heavy (non-hydrogen) atoms. The molecule has 1 unspecified atom stereocenters. The number of rotatable bonds is 6. The van der Waals surface area contributed by atoms with Crippen LogP contribution in [0.25, 0.3) is 0 Å². The van der Waals surface area contributed by atoms with Crippen LogP contribution in [0.1, 0.15) is 47.2 Å². The number of carbonyl (C=O) groups is 1. The summed E-state index contributed by atoms with van der Waals surface area (Å²) in [6, 6.07) is 9.26. The molecule has 1 fully saturated rings. The molecule has 1 amide bonds. The van der Waals surface area contributed by atoms with Crippen LogP contribution in [0.3, 0.4) is 0 Å². The third-order valence-electron chi connectivity index (χ3n) is 4.61. The van der Waals surface area contributed by atoms with Crippen LogP contribution in [-0.2, 0) is 10.0 Å². The molecular formula is C19H24N2O5S. The van der Waals surface area contributed by atoms with Crippen LogP contribution in [0.4, 0.5) is 0 Å². The Kier molecular flexibility index (Phi) is 5.98. The molecule has 8 heteroatoms. The number of sulfonamides is 1. The summed E-state index contributed by atoms with van der Waals surface area (Å²) in [6.07, 6.45) is 1.85. The Morgan fingerprint density at radius 1 is 1.15 bits per heavy atom. The second-order valence-corrected chi connectivity index (χ2v) is 8.60. The highest BCUT2D eigenvalue weighted by atomic mass is 32.2. The number of amides is 1. The molecule has 0 saturated carbocycles. The molecule has 1 atom stereocenters. The average molecular weight is 392 g/mol. The number of hydrogen-bond acceptors (Lipinski definition) is 5. The van der Waals surface area contributed by atoms with Crippen LogP contribution in [0.5, 0.6) is 0 Å². The molecule has 1 aromatic heterocycles. The van der Waals surface area contributed by atoms with Crippen LogP contribution in [-0.4, -0.2) is 43.4 Å². The fraction of sp³-hybridized carbons (Fsp3) is 0.421. The van der Waals surface area contributed by atoms with E-state index in [0.29, 0.717) is 30.2 Å². The number of aryl methyl sites for hydroxylation is 1. The molecule has 1 aliphatic heterocycles. The average Bonchev–Trinajstić information content (AvgIpc) is 3.13. The van der Waals surface area contributed by atoms with E-state index < -0.39 is 16.1 Å². The van der Waals surface area contributed by atoms with Crippen LogP contribution in [0.15, 0.2) is 45.7 Å². The van der Waals surface area contributed by atoms with Gasteiger partial charge in [0.15, 0.2) is 0 Å². The third-order valence-corrected chi connectivity index (χ3v) is 6.53. The van der Waals surface area contributed by atoms with Gasteiger partial charge in [-0.15, -0.1) is 0 Å². The first kappa shape index (κ1) is 19.6. The monoisotopic (exact) mass is 392 g/mol. The fourth-order valence-corrected chi connectivity index (χ4v) is 4.57. The van der Waals surface area contributed by atoms with Crippen molar-refractivity contribution in [2.45, 2.75) is 37.2 Å². The van der Waals surface area contributed by atoms with Gasteiger partial charge in [0.1, 0.15) is 17.6 Å². The van der Waals surface area contributed by atoms with Crippen LogP contribution >= 0.6 is 0 Å². The molecule has 1 aliphatic rings. The fourth-order valence-electron chi connectivity index (χ4n) is 3.06. The molecule has 2 N–H and O–H groups in total. The lowest BCUT2D eigenvalue weighted by Crippen LogP contribution is -2.35. The Morgan fingerprint density at radius 2 is 1.81 bits per heavy atom. The molecule has 146 valence electrons. The molecule has 2 aromatic rings. The summed E-state index contributed by atoms with van der Waals surface area (Å²) in [7, 11) is -3.51. The zero-order valence-electron chi connectivity index (χ0n) is 15.2. The number of hydrogen-bond donors (Lipinski definition) is 2. The number of furan rings is 1. The first-order valence-electron chi connectivity index (χ1n) is 9.01. The largest absolute Gasteiger partial charge is 0.464 e. The number of carbonyl (C=O) groups excluding carboxylic acids is 1. The van der Waals surface area contributed by atoms with Gasteiger partial charge in [0.25, 0.3) is 5.91 Å². The molecule has 7 nitrogen and oxygen atoms in total. The van der Waals surface area contributed by atoms with Gasteiger partial charge in [-0.3, -0.25) is 4.79 Å². The minimum atomic E-state index is -3.51. The third kappa shape index (κ3) is 4.58. The van der Waals surface area contributed by atoms with Crippen molar-refractivity contribution >= 4 is 15.9 Å². The second kappa shape index (κ2) is 8.24. The van der Waals surface area contributed by atoms with Gasteiger partial charge < -0.3 is 14.8 Å². The number of nitrogens with zero attached hydrogens (tertiary/aromatic N) is 1. The Hall–Kier alpha value is -2.16. The molecular weight excluding hydrogens is 368 g/mol. The molecule has 0 spiro atoms. The molecule has 0 aliphatic carbocycles. The molecule has 0 radical (unpaired) electrons. The van der Waals surface area contributed by atoms with Gasteiger partial charge in [0.2, 0.25) is 10.0 Å². The van der Waals surface area contributed by atoms with Gasteiger partial charge in [-0.25, -0.2) is 8.42 Å². The zero-order chi connectivity index (χ0) is 19.4. The van der Waals surface area contributed by atoms with Gasteiger partial charge in [0.05, 0.1) is 11.4 Å². The van der Waals surface area contributed by atoms with E-state index in [2.05, 4.69) is 5.32 Å². The highest BCUT2D eigenvalue weighted by Crippen LogP contribution is 2.21. The van der Waals surface area contributed by atoms with E-state index in [4.69, 9.17) is 4.42 Å². The van der Waals surface area contributed by atoms with Gasteiger partial charge >= 0.3 is 0 Å². The Morgan fingerprint density at radius 3 is 2.41 bits per heavy atom. The molecule has 1 saturated heterocycles. The summed E-state index contributed by atoms with van der Waals surface area (Å²) in [5.41, 5.74) is 0.329. The predicted octanol–water partition coefficient (Wildman–Crippen LogP) is 2.23. The lowest BCUT2D eigenvalue weighted by molar-refractivity contribution is 0.0900. The topological polar surface area (TPSA) is 99.8 Å². The SMILES string of the molecule is Cc1ccc(C(O)CNC(=O)c2ccc(S(=O)(=O)N3CCCCC3)cc2)o1. The number of aliphatic hydroxyl groups excluding tert-OH is 1. The van der Waals surface area contributed by atoms with E-state index >= 15 is 0 Å². The molecule has 1 aromatic carbocycles. The van der Waals surface area contributed by atoms with Crippen molar-refractivity contribution in [2.24, 2.45) is 0 Å². The van der Waals surface area contributed by atoms with Crippen molar-refractivity contribution in [1.82, 2.24) is 9.62 Å². The quantitative estimate of drug-likeness (QED) is 0.785. The second-order valence-electron chi connectivity index (χ2n) is 6.66. The summed E-state index contributed by atoms with van der Waals surface area (Å²) < 4.78 is 32.1. The van der Waals surface area contributed by atoms with Crippen LogP contribution < -0.4 is 5.32 Å². The van der Waals surface area contributed by atoms with E-state index in [1.54, 1.807) is 19.1 Å². The molecule has 3 rings (SSSR count). The normalized spacial score (nSPS) is 16.8. The zero-order valence-corrected chi connectivity index (χ0v) is 16.0. The maximum absolute atomic E-state index is 12.6. The van der Waals surface area contributed by atoms with E-state index in [0.717, 1.165) is 19.3 Å². The summed E-state index contributed by atoms with van der Waals surface area (Å²) in [5, 5.41) is 12.7. The van der Waals surface area contributed by atoms with E-state index in [1.165, 1.54) is 28.6 Å². The van der Waals surface area contributed by atoms with E-state index in [-0.39, 0.29) is 17.3 Å². The summed E-state index contributed by atoms with van der Waals surface area (Å²) in [4.78, 5) is 12.4.